The molecule has 1 aliphatic carbocycles. The Morgan fingerprint density at radius 3 is 2.00 bits per heavy atom. The number of esters is 1. The monoisotopic (exact) mass is 414 g/mol. The molecular formula is C28H46O2. The number of carbonyl (C=O) groups is 1. The standard InChI is InChI=1S/C28H46O2/c1-9-26(3,4)20-24(27(5,6)10-2)21-16-18-22(19-17-21)25(29)30-28(7,8)23-14-12-11-13-15-23/h16-19,23-24H,9-15,20H2,1-8H3. The molecule has 1 aromatic rings. The zero-order chi connectivity index (χ0) is 22.6. The summed E-state index contributed by atoms with van der Waals surface area (Å²) >= 11 is 0. The van der Waals surface area contributed by atoms with Crippen molar-refractivity contribution in [1.29, 1.82) is 0 Å². The van der Waals surface area contributed by atoms with Crippen molar-refractivity contribution < 1.29 is 9.53 Å². The van der Waals surface area contributed by atoms with Crippen LogP contribution in [0.3, 0.4) is 0 Å². The fourth-order valence-corrected chi connectivity index (χ4v) is 4.82. The molecule has 1 fully saturated rings. The molecule has 30 heavy (non-hydrogen) atoms. The van der Waals surface area contributed by atoms with Gasteiger partial charge in [-0.15, -0.1) is 0 Å². The number of ether oxygens (including phenoxy) is 1. The average Bonchev–Trinajstić information content (AvgIpc) is 2.72. The smallest absolute Gasteiger partial charge is 0.338 e. The Hall–Kier alpha value is -1.31. The molecule has 0 saturated heterocycles. The fourth-order valence-electron chi connectivity index (χ4n) is 4.82. The molecule has 1 aromatic carbocycles. The first-order valence-corrected chi connectivity index (χ1v) is 12.2. The molecule has 1 aliphatic rings. The highest BCUT2D eigenvalue weighted by atomic mass is 16.6. The number of benzene rings is 1. The minimum atomic E-state index is -0.395. The van der Waals surface area contributed by atoms with Crippen LogP contribution in [0.15, 0.2) is 24.3 Å². The second-order valence-corrected chi connectivity index (χ2v) is 11.6. The summed E-state index contributed by atoms with van der Waals surface area (Å²) in [4.78, 5) is 12.9. The number of hydrogen-bond acceptors (Lipinski definition) is 2. The predicted molar refractivity (Wildman–Crippen MR) is 128 cm³/mol. The highest BCUT2D eigenvalue weighted by molar-refractivity contribution is 5.89. The predicted octanol–water partition coefficient (Wildman–Crippen LogP) is 8.55. The second-order valence-electron chi connectivity index (χ2n) is 11.6. The lowest BCUT2D eigenvalue weighted by Crippen LogP contribution is -2.37. The van der Waals surface area contributed by atoms with E-state index in [1.165, 1.54) is 44.1 Å². The fraction of sp³-hybridized carbons (Fsp3) is 0.750. The van der Waals surface area contributed by atoms with Crippen LogP contribution in [-0.2, 0) is 4.74 Å². The summed E-state index contributed by atoms with van der Waals surface area (Å²) < 4.78 is 6.01. The highest BCUT2D eigenvalue weighted by Gasteiger charge is 2.35. The van der Waals surface area contributed by atoms with Gasteiger partial charge in [0.05, 0.1) is 5.56 Å². The van der Waals surface area contributed by atoms with Crippen LogP contribution in [0.25, 0.3) is 0 Å². The van der Waals surface area contributed by atoms with Gasteiger partial charge in [-0.3, -0.25) is 0 Å². The normalized spacial score (nSPS) is 17.6. The lowest BCUT2D eigenvalue weighted by Gasteiger charge is -2.39. The van der Waals surface area contributed by atoms with Gasteiger partial charge in [-0.05, 0) is 73.5 Å². The van der Waals surface area contributed by atoms with Gasteiger partial charge >= 0.3 is 5.97 Å². The summed E-state index contributed by atoms with van der Waals surface area (Å²) in [6, 6.07) is 8.29. The van der Waals surface area contributed by atoms with Crippen molar-refractivity contribution >= 4 is 5.97 Å². The molecule has 0 radical (unpaired) electrons. The van der Waals surface area contributed by atoms with Gasteiger partial charge in [-0.25, -0.2) is 4.79 Å². The van der Waals surface area contributed by atoms with Crippen molar-refractivity contribution in [3.05, 3.63) is 35.4 Å². The molecular weight excluding hydrogens is 368 g/mol. The number of hydrogen-bond donors (Lipinski definition) is 0. The highest BCUT2D eigenvalue weighted by Crippen LogP contribution is 2.46. The second kappa shape index (κ2) is 9.88. The maximum absolute atomic E-state index is 12.9. The molecule has 0 N–H and O–H groups in total. The van der Waals surface area contributed by atoms with Crippen LogP contribution in [0.5, 0.6) is 0 Å². The zero-order valence-corrected chi connectivity index (χ0v) is 20.9. The van der Waals surface area contributed by atoms with E-state index >= 15 is 0 Å². The third kappa shape index (κ3) is 6.34. The van der Waals surface area contributed by atoms with Crippen LogP contribution >= 0.6 is 0 Å². The zero-order valence-electron chi connectivity index (χ0n) is 20.9. The SMILES string of the molecule is CCC(C)(C)CC(c1ccc(C(=O)OC(C)(C)C2CCCCC2)cc1)C(C)(C)CC. The Kier molecular flexibility index (Phi) is 8.22. The summed E-state index contributed by atoms with van der Waals surface area (Å²) in [6.07, 6.45) is 9.61. The Morgan fingerprint density at radius 2 is 1.50 bits per heavy atom. The van der Waals surface area contributed by atoms with Gasteiger partial charge in [0.1, 0.15) is 5.60 Å². The lowest BCUT2D eigenvalue weighted by atomic mass is 9.66. The van der Waals surface area contributed by atoms with E-state index in [2.05, 4.69) is 67.5 Å². The van der Waals surface area contributed by atoms with E-state index in [0.29, 0.717) is 22.8 Å². The van der Waals surface area contributed by atoms with E-state index in [1.807, 2.05) is 12.1 Å². The Bertz CT molecular complexity index is 675. The molecule has 2 heteroatoms. The quantitative estimate of drug-likeness (QED) is 0.378. The molecule has 1 saturated carbocycles. The Labute approximate surface area is 186 Å². The van der Waals surface area contributed by atoms with Gasteiger partial charge in [0.15, 0.2) is 0 Å². The van der Waals surface area contributed by atoms with Crippen molar-refractivity contribution in [2.45, 2.75) is 118 Å². The number of rotatable bonds is 9. The molecule has 2 rings (SSSR count). The van der Waals surface area contributed by atoms with Gasteiger partial charge in [0.2, 0.25) is 0 Å². The van der Waals surface area contributed by atoms with Crippen molar-refractivity contribution in [2.75, 3.05) is 0 Å². The molecule has 0 amide bonds. The van der Waals surface area contributed by atoms with Crippen molar-refractivity contribution in [3.63, 3.8) is 0 Å². The molecule has 2 nitrogen and oxygen atoms in total. The Balaban J connectivity index is 2.17. The molecule has 1 atom stereocenters. The molecule has 0 aliphatic heterocycles. The maximum Gasteiger partial charge on any atom is 0.338 e. The maximum atomic E-state index is 12.9. The van der Waals surface area contributed by atoms with Crippen LogP contribution in [0, 0.1) is 16.7 Å². The topological polar surface area (TPSA) is 26.3 Å². The van der Waals surface area contributed by atoms with E-state index in [9.17, 15) is 4.79 Å². The molecule has 0 heterocycles. The minimum absolute atomic E-state index is 0.183. The first-order valence-electron chi connectivity index (χ1n) is 12.2. The Morgan fingerprint density at radius 1 is 0.933 bits per heavy atom. The third-order valence-electron chi connectivity index (χ3n) is 8.06. The van der Waals surface area contributed by atoms with Crippen LogP contribution in [0.2, 0.25) is 0 Å². The molecule has 170 valence electrons. The van der Waals surface area contributed by atoms with E-state index in [0.717, 1.165) is 12.8 Å². The van der Waals surface area contributed by atoms with Crippen molar-refractivity contribution in [2.24, 2.45) is 16.7 Å². The van der Waals surface area contributed by atoms with Gasteiger partial charge in [0.25, 0.3) is 0 Å². The van der Waals surface area contributed by atoms with E-state index < -0.39 is 5.60 Å². The number of carbonyl (C=O) groups excluding carboxylic acids is 1. The van der Waals surface area contributed by atoms with Gasteiger partial charge in [0, 0.05) is 0 Å². The molecule has 0 bridgehead atoms. The lowest BCUT2D eigenvalue weighted by molar-refractivity contribution is -0.0384. The van der Waals surface area contributed by atoms with E-state index in [1.54, 1.807) is 0 Å². The van der Waals surface area contributed by atoms with Gasteiger partial charge in [-0.2, -0.15) is 0 Å². The van der Waals surface area contributed by atoms with Crippen LogP contribution in [-0.4, -0.2) is 11.6 Å². The van der Waals surface area contributed by atoms with Crippen LogP contribution < -0.4 is 0 Å². The third-order valence-corrected chi connectivity index (χ3v) is 8.06. The average molecular weight is 415 g/mol. The largest absolute Gasteiger partial charge is 0.456 e. The molecule has 1 unspecified atom stereocenters. The van der Waals surface area contributed by atoms with E-state index in [-0.39, 0.29) is 11.4 Å². The summed E-state index contributed by atoms with van der Waals surface area (Å²) in [5, 5.41) is 0. The summed E-state index contributed by atoms with van der Waals surface area (Å²) in [6.45, 7) is 18.2. The van der Waals surface area contributed by atoms with Crippen LogP contribution in [0.4, 0.5) is 0 Å². The van der Waals surface area contributed by atoms with Gasteiger partial charge in [-0.1, -0.05) is 85.8 Å². The summed E-state index contributed by atoms with van der Waals surface area (Å²) in [5.41, 5.74) is 2.14. The first kappa shape index (κ1) is 25.0. The van der Waals surface area contributed by atoms with Gasteiger partial charge < -0.3 is 4.74 Å². The van der Waals surface area contributed by atoms with Crippen LogP contribution in [0.1, 0.15) is 129 Å². The summed E-state index contributed by atoms with van der Waals surface area (Å²) in [7, 11) is 0. The van der Waals surface area contributed by atoms with Crippen molar-refractivity contribution in [3.8, 4) is 0 Å². The molecule has 0 spiro atoms. The van der Waals surface area contributed by atoms with Crippen molar-refractivity contribution in [1.82, 2.24) is 0 Å². The molecule has 0 aromatic heterocycles. The van der Waals surface area contributed by atoms with E-state index in [4.69, 9.17) is 4.74 Å². The first-order chi connectivity index (χ1) is 13.9. The summed E-state index contributed by atoms with van der Waals surface area (Å²) in [5.74, 6) is 0.763. The minimum Gasteiger partial charge on any atom is -0.456 e.